The highest BCUT2D eigenvalue weighted by Gasteiger charge is 2.13. The van der Waals surface area contributed by atoms with Crippen molar-refractivity contribution >= 4 is 0 Å². The molecule has 1 aromatic heterocycles. The summed E-state index contributed by atoms with van der Waals surface area (Å²) < 4.78 is 10.9. The van der Waals surface area contributed by atoms with Gasteiger partial charge in [-0.1, -0.05) is 18.2 Å². The molecule has 0 aliphatic rings. The molecule has 1 atom stereocenters. The Morgan fingerprint density at radius 1 is 1.20 bits per heavy atom. The zero-order chi connectivity index (χ0) is 10.7. The van der Waals surface area contributed by atoms with Gasteiger partial charge in [-0.25, -0.2) is 0 Å². The second kappa shape index (κ2) is 4.13. The molecule has 4 heteroatoms. The molecular formula is C11H12N2O2. The number of ether oxygens (including phenoxy) is 1. The number of para-hydroxylation sites is 1. The van der Waals surface area contributed by atoms with Crippen molar-refractivity contribution in [1.82, 2.24) is 10.2 Å². The molecule has 0 radical (unpaired) electrons. The van der Waals surface area contributed by atoms with Crippen LogP contribution in [0.3, 0.4) is 0 Å². The number of aromatic nitrogens is 2. The summed E-state index contributed by atoms with van der Waals surface area (Å²) in [6.07, 6.45) is -0.228. The van der Waals surface area contributed by atoms with Crippen molar-refractivity contribution in [3.63, 3.8) is 0 Å². The average Bonchev–Trinajstić information content (AvgIpc) is 2.66. The fourth-order valence-corrected chi connectivity index (χ4v) is 1.23. The van der Waals surface area contributed by atoms with Gasteiger partial charge in [0.1, 0.15) is 5.75 Å². The Bertz CT molecular complexity index is 425. The summed E-state index contributed by atoms with van der Waals surface area (Å²) in [5, 5.41) is 7.65. The van der Waals surface area contributed by atoms with E-state index in [2.05, 4.69) is 10.2 Å². The van der Waals surface area contributed by atoms with Crippen molar-refractivity contribution < 1.29 is 9.15 Å². The van der Waals surface area contributed by atoms with Crippen molar-refractivity contribution in [2.75, 3.05) is 0 Å². The summed E-state index contributed by atoms with van der Waals surface area (Å²) in [6, 6.07) is 9.55. The van der Waals surface area contributed by atoms with Crippen LogP contribution in [-0.4, -0.2) is 10.2 Å². The molecule has 0 saturated carbocycles. The van der Waals surface area contributed by atoms with Gasteiger partial charge < -0.3 is 9.15 Å². The number of benzene rings is 1. The highest BCUT2D eigenvalue weighted by Crippen LogP contribution is 2.19. The molecule has 0 fully saturated rings. The van der Waals surface area contributed by atoms with Crippen LogP contribution in [0.2, 0.25) is 0 Å². The first kappa shape index (κ1) is 9.71. The monoisotopic (exact) mass is 204 g/mol. The van der Waals surface area contributed by atoms with E-state index in [0.717, 1.165) is 5.75 Å². The number of aryl methyl sites for hydroxylation is 1. The maximum atomic E-state index is 5.62. The number of hydrogen-bond donors (Lipinski definition) is 0. The number of nitrogens with zero attached hydrogens (tertiary/aromatic N) is 2. The summed E-state index contributed by atoms with van der Waals surface area (Å²) in [7, 11) is 0. The van der Waals surface area contributed by atoms with Gasteiger partial charge in [0.25, 0.3) is 5.89 Å². The topological polar surface area (TPSA) is 48.2 Å². The van der Waals surface area contributed by atoms with Gasteiger partial charge in [-0.3, -0.25) is 0 Å². The van der Waals surface area contributed by atoms with Crippen LogP contribution in [0.1, 0.15) is 24.8 Å². The predicted octanol–water partition coefficient (Wildman–Crippen LogP) is 2.52. The predicted molar refractivity (Wildman–Crippen MR) is 54.5 cm³/mol. The smallest absolute Gasteiger partial charge is 0.256 e. The second-order valence-electron chi connectivity index (χ2n) is 3.23. The maximum absolute atomic E-state index is 5.62. The Balaban J connectivity index is 2.07. The molecule has 0 aliphatic heterocycles. The molecule has 0 saturated heterocycles. The third-order valence-corrected chi connectivity index (χ3v) is 1.95. The molecule has 4 nitrogen and oxygen atoms in total. The Morgan fingerprint density at radius 2 is 1.93 bits per heavy atom. The summed E-state index contributed by atoms with van der Waals surface area (Å²) in [6.45, 7) is 3.63. The molecule has 0 aliphatic carbocycles. The van der Waals surface area contributed by atoms with Crippen molar-refractivity contribution in [3.05, 3.63) is 42.1 Å². The Kier molecular flexibility index (Phi) is 2.67. The standard InChI is InChI=1S/C11H12N2O2/c1-8(11-13-12-9(2)15-11)14-10-6-4-3-5-7-10/h3-8H,1-2H3/t8-/m0/s1. The van der Waals surface area contributed by atoms with E-state index in [-0.39, 0.29) is 6.10 Å². The Morgan fingerprint density at radius 3 is 2.53 bits per heavy atom. The minimum absolute atomic E-state index is 0.228. The summed E-state index contributed by atoms with van der Waals surface area (Å²) >= 11 is 0. The minimum atomic E-state index is -0.228. The van der Waals surface area contributed by atoms with Crippen LogP contribution in [0, 0.1) is 6.92 Å². The SMILES string of the molecule is Cc1nnc([C@H](C)Oc2ccccc2)o1. The zero-order valence-corrected chi connectivity index (χ0v) is 8.68. The third kappa shape index (κ3) is 2.34. The molecular weight excluding hydrogens is 192 g/mol. The average molecular weight is 204 g/mol. The van der Waals surface area contributed by atoms with Gasteiger partial charge in [0, 0.05) is 6.92 Å². The fraction of sp³-hybridized carbons (Fsp3) is 0.273. The van der Waals surface area contributed by atoms with Crippen molar-refractivity contribution in [2.24, 2.45) is 0 Å². The van der Waals surface area contributed by atoms with Crippen LogP contribution < -0.4 is 4.74 Å². The Labute approximate surface area is 87.9 Å². The van der Waals surface area contributed by atoms with Crippen LogP contribution >= 0.6 is 0 Å². The molecule has 78 valence electrons. The number of hydrogen-bond acceptors (Lipinski definition) is 4. The summed E-state index contributed by atoms with van der Waals surface area (Å²) in [5.41, 5.74) is 0. The lowest BCUT2D eigenvalue weighted by atomic mass is 10.3. The summed E-state index contributed by atoms with van der Waals surface area (Å²) in [5.74, 6) is 1.84. The highest BCUT2D eigenvalue weighted by molar-refractivity contribution is 5.21. The molecule has 1 heterocycles. The highest BCUT2D eigenvalue weighted by atomic mass is 16.5. The first-order valence-corrected chi connectivity index (χ1v) is 4.77. The largest absolute Gasteiger partial charge is 0.481 e. The second-order valence-corrected chi connectivity index (χ2v) is 3.23. The molecule has 2 rings (SSSR count). The first-order valence-electron chi connectivity index (χ1n) is 4.77. The molecule has 0 spiro atoms. The van der Waals surface area contributed by atoms with Crippen LogP contribution in [0.4, 0.5) is 0 Å². The van der Waals surface area contributed by atoms with Crippen LogP contribution in [0.15, 0.2) is 34.7 Å². The van der Waals surface area contributed by atoms with E-state index in [9.17, 15) is 0 Å². The van der Waals surface area contributed by atoms with Crippen molar-refractivity contribution in [1.29, 1.82) is 0 Å². The van der Waals surface area contributed by atoms with Crippen LogP contribution in [0.25, 0.3) is 0 Å². The van der Waals surface area contributed by atoms with Crippen molar-refractivity contribution in [3.8, 4) is 5.75 Å². The van der Waals surface area contributed by atoms with Gasteiger partial charge >= 0.3 is 0 Å². The van der Waals surface area contributed by atoms with Crippen molar-refractivity contribution in [2.45, 2.75) is 20.0 Å². The van der Waals surface area contributed by atoms with Gasteiger partial charge in [-0.05, 0) is 19.1 Å². The van der Waals surface area contributed by atoms with Gasteiger partial charge in [0.2, 0.25) is 5.89 Å². The minimum Gasteiger partial charge on any atom is -0.481 e. The van der Waals surface area contributed by atoms with E-state index in [4.69, 9.17) is 9.15 Å². The van der Waals surface area contributed by atoms with E-state index in [0.29, 0.717) is 11.8 Å². The van der Waals surface area contributed by atoms with E-state index in [1.54, 1.807) is 6.92 Å². The lowest BCUT2D eigenvalue weighted by Gasteiger charge is -2.10. The quantitative estimate of drug-likeness (QED) is 0.770. The first-order chi connectivity index (χ1) is 7.25. The molecule has 0 amide bonds. The van der Waals surface area contributed by atoms with E-state index in [1.807, 2.05) is 37.3 Å². The van der Waals surface area contributed by atoms with Gasteiger partial charge in [-0.2, -0.15) is 0 Å². The fourth-order valence-electron chi connectivity index (χ4n) is 1.23. The number of rotatable bonds is 3. The van der Waals surface area contributed by atoms with E-state index >= 15 is 0 Å². The van der Waals surface area contributed by atoms with Gasteiger partial charge in [0.05, 0.1) is 0 Å². The summed E-state index contributed by atoms with van der Waals surface area (Å²) in [4.78, 5) is 0. The molecule has 0 bridgehead atoms. The molecule has 15 heavy (non-hydrogen) atoms. The third-order valence-electron chi connectivity index (χ3n) is 1.95. The van der Waals surface area contributed by atoms with E-state index < -0.39 is 0 Å². The lowest BCUT2D eigenvalue weighted by Crippen LogP contribution is -2.03. The normalized spacial score (nSPS) is 12.4. The van der Waals surface area contributed by atoms with E-state index in [1.165, 1.54) is 0 Å². The maximum Gasteiger partial charge on any atom is 0.256 e. The molecule has 0 N–H and O–H groups in total. The Hall–Kier alpha value is -1.84. The van der Waals surface area contributed by atoms with Crippen LogP contribution in [-0.2, 0) is 0 Å². The lowest BCUT2D eigenvalue weighted by molar-refractivity contribution is 0.187. The zero-order valence-electron chi connectivity index (χ0n) is 8.68. The molecule has 2 aromatic rings. The molecule has 1 aromatic carbocycles. The van der Waals surface area contributed by atoms with Gasteiger partial charge in [-0.15, -0.1) is 10.2 Å². The molecule has 0 unspecified atom stereocenters. The van der Waals surface area contributed by atoms with Crippen LogP contribution in [0.5, 0.6) is 5.75 Å². The van der Waals surface area contributed by atoms with Gasteiger partial charge in [0.15, 0.2) is 6.10 Å².